The predicted octanol–water partition coefficient (Wildman–Crippen LogP) is 3.01. The fraction of sp³-hybridized carbons (Fsp3) is 0.810. The summed E-state index contributed by atoms with van der Waals surface area (Å²) >= 11 is 0. The van der Waals surface area contributed by atoms with Crippen molar-refractivity contribution in [3.05, 3.63) is 24.3 Å². The molecule has 0 amide bonds. The Bertz CT molecular complexity index is 1390. The molecule has 15 unspecified atom stereocenters. The lowest BCUT2D eigenvalue weighted by atomic mass is 9.82. The zero-order valence-corrected chi connectivity index (χ0v) is 36.1. The minimum Gasteiger partial charge on any atom is -0.462 e. The number of methoxy groups -OCH3 is 1. The van der Waals surface area contributed by atoms with Gasteiger partial charge in [0.1, 0.15) is 42.4 Å². The third kappa shape index (κ3) is 14.2. The highest BCUT2D eigenvalue weighted by Crippen LogP contribution is 2.38. The van der Waals surface area contributed by atoms with Crippen molar-refractivity contribution < 1.29 is 72.4 Å². The molecule has 2 saturated heterocycles. The van der Waals surface area contributed by atoms with Crippen LogP contribution in [0, 0.1) is 17.8 Å². The van der Waals surface area contributed by atoms with Gasteiger partial charge in [-0.3, -0.25) is 14.4 Å². The first-order valence-electron chi connectivity index (χ1n) is 20.4. The van der Waals surface area contributed by atoms with Crippen LogP contribution in [0.15, 0.2) is 24.3 Å². The van der Waals surface area contributed by atoms with E-state index in [1.54, 1.807) is 71.0 Å². The molecule has 3 aliphatic heterocycles. The number of aldehydes is 1. The molecule has 0 aromatic rings. The molecule has 0 aromatic heterocycles. The smallest absolute Gasteiger partial charge is 0.309 e. The summed E-state index contributed by atoms with van der Waals surface area (Å²) in [6.45, 7) is 13.5. The van der Waals surface area contributed by atoms with E-state index in [2.05, 4.69) is 0 Å². The van der Waals surface area contributed by atoms with E-state index < -0.39 is 121 Å². The first-order chi connectivity index (χ1) is 27.2. The van der Waals surface area contributed by atoms with Crippen molar-refractivity contribution in [2.45, 2.75) is 179 Å². The molecule has 0 spiro atoms. The molecule has 3 rings (SSSR count). The standard InChI is InChI=1S/C42H69NO15/c1-23(2)19-32(47)56-40-27(6)53-34(22-42(40,8)50)57-37-26(5)54-41(36(49)35(37)43(9)10)58-38-29(17-18-44)20-24(3)30(46)16-14-12-13-15-25(4)52-33(48)21-31(39(38)51-11)55-28(7)45/h12-14,16,18,23-27,29-31,34-41,46,49-50H,15,17,19-22H2,1-11H3/t24?,25?,26?,27?,29?,30?,31?,34?,35?,36?,37?,38?,39?,40?,41?,42-/m1/s1. The Hall–Kier alpha value is -2.80. The molecule has 0 radical (unpaired) electrons. The summed E-state index contributed by atoms with van der Waals surface area (Å²) in [5.74, 6) is -2.82. The van der Waals surface area contributed by atoms with Gasteiger partial charge in [0.2, 0.25) is 0 Å². The van der Waals surface area contributed by atoms with E-state index >= 15 is 0 Å². The summed E-state index contributed by atoms with van der Waals surface area (Å²) in [5, 5.41) is 34.6. The van der Waals surface area contributed by atoms with Gasteiger partial charge in [-0.1, -0.05) is 45.1 Å². The Morgan fingerprint density at radius 2 is 1.71 bits per heavy atom. The number of carbonyl (C=O) groups is 4. The van der Waals surface area contributed by atoms with Gasteiger partial charge in [0.15, 0.2) is 18.7 Å². The van der Waals surface area contributed by atoms with Crippen LogP contribution in [0.1, 0.15) is 93.9 Å². The number of likely N-dealkylation sites (N-methyl/N-ethyl adjacent to an activating group) is 1. The Kier molecular flexibility index (Phi) is 19.4. The van der Waals surface area contributed by atoms with Crippen LogP contribution in [-0.2, 0) is 57.1 Å². The average Bonchev–Trinajstić information content (AvgIpc) is 3.09. The van der Waals surface area contributed by atoms with Gasteiger partial charge in [0, 0.05) is 39.7 Å². The Balaban J connectivity index is 1.98. The molecule has 3 heterocycles. The molecular weight excluding hydrogens is 758 g/mol. The number of aliphatic hydroxyl groups is 3. The predicted molar refractivity (Wildman–Crippen MR) is 210 cm³/mol. The largest absolute Gasteiger partial charge is 0.462 e. The molecule has 0 bridgehead atoms. The second-order valence-electron chi connectivity index (χ2n) is 17.0. The van der Waals surface area contributed by atoms with Gasteiger partial charge in [-0.25, -0.2) is 0 Å². The first kappa shape index (κ1) is 49.6. The summed E-state index contributed by atoms with van der Waals surface area (Å²) in [6, 6.07) is -0.782. The number of ether oxygens (including phenoxy) is 8. The number of nitrogens with zero attached hydrogens (tertiary/aromatic N) is 1. The number of hydrogen-bond acceptors (Lipinski definition) is 16. The minimum absolute atomic E-state index is 0.0460. The first-order valence-corrected chi connectivity index (χ1v) is 20.4. The highest BCUT2D eigenvalue weighted by atomic mass is 16.7. The lowest BCUT2D eigenvalue weighted by molar-refractivity contribution is -0.344. The summed E-state index contributed by atoms with van der Waals surface area (Å²) in [7, 11) is 4.86. The Labute approximate surface area is 343 Å². The fourth-order valence-electron chi connectivity index (χ4n) is 8.08. The van der Waals surface area contributed by atoms with Crippen LogP contribution < -0.4 is 0 Å². The monoisotopic (exact) mass is 827 g/mol. The topological polar surface area (TPSA) is 206 Å². The average molecular weight is 828 g/mol. The van der Waals surface area contributed by atoms with E-state index in [1.807, 2.05) is 20.8 Å². The quantitative estimate of drug-likeness (QED) is 0.147. The Morgan fingerprint density at radius 1 is 1.02 bits per heavy atom. The molecule has 58 heavy (non-hydrogen) atoms. The summed E-state index contributed by atoms with van der Waals surface area (Å²) in [6.07, 6.45) is -4.11. The van der Waals surface area contributed by atoms with Crippen LogP contribution in [0.3, 0.4) is 0 Å². The molecule has 16 nitrogen and oxygen atoms in total. The number of esters is 3. The highest BCUT2D eigenvalue weighted by molar-refractivity contribution is 5.72. The van der Waals surface area contributed by atoms with Crippen LogP contribution in [0.5, 0.6) is 0 Å². The molecule has 16 heteroatoms. The molecular formula is C42H69NO15. The van der Waals surface area contributed by atoms with Gasteiger partial charge in [-0.2, -0.15) is 0 Å². The van der Waals surface area contributed by atoms with Gasteiger partial charge < -0.3 is 62.9 Å². The summed E-state index contributed by atoms with van der Waals surface area (Å²) in [4.78, 5) is 52.3. The molecule has 2 fully saturated rings. The van der Waals surface area contributed by atoms with Crippen LogP contribution in [0.4, 0.5) is 0 Å². The third-order valence-corrected chi connectivity index (χ3v) is 10.9. The number of aliphatic hydroxyl groups excluding tert-OH is 2. The maximum Gasteiger partial charge on any atom is 0.309 e. The SMILES string of the molecule is COC1C(OC(C)=O)CC(=O)OC(C)CC=CC=CC(O)C(C)CC(CC=O)C1OC1OC(C)C(OC2C[C@@](C)(O)C(OC(=O)CC(C)C)C(C)O2)C(N(C)C)C1O. The van der Waals surface area contributed by atoms with Gasteiger partial charge in [-0.15, -0.1) is 0 Å². The van der Waals surface area contributed by atoms with Gasteiger partial charge in [0.25, 0.3) is 0 Å². The molecule has 332 valence electrons. The van der Waals surface area contributed by atoms with E-state index in [-0.39, 0.29) is 31.6 Å². The van der Waals surface area contributed by atoms with Crippen molar-refractivity contribution in [3.63, 3.8) is 0 Å². The van der Waals surface area contributed by atoms with E-state index in [0.717, 1.165) is 0 Å². The zero-order chi connectivity index (χ0) is 43.5. The number of allylic oxidation sites excluding steroid dienone is 2. The molecule has 3 aliphatic rings. The van der Waals surface area contributed by atoms with Crippen molar-refractivity contribution in [2.24, 2.45) is 17.8 Å². The molecule has 0 saturated carbocycles. The molecule has 0 aromatic carbocycles. The summed E-state index contributed by atoms with van der Waals surface area (Å²) < 4.78 is 48.6. The number of cyclic esters (lactones) is 1. The van der Waals surface area contributed by atoms with Crippen molar-refractivity contribution in [1.82, 2.24) is 4.90 Å². The van der Waals surface area contributed by atoms with Crippen LogP contribution >= 0.6 is 0 Å². The normalized spacial score (nSPS) is 39.6. The molecule has 16 atom stereocenters. The number of carbonyl (C=O) groups excluding carboxylic acids is 4. The maximum absolute atomic E-state index is 13.2. The fourth-order valence-corrected chi connectivity index (χ4v) is 8.08. The summed E-state index contributed by atoms with van der Waals surface area (Å²) in [5.41, 5.74) is -1.50. The van der Waals surface area contributed by atoms with Crippen LogP contribution in [0.25, 0.3) is 0 Å². The highest BCUT2D eigenvalue weighted by Gasteiger charge is 2.53. The lowest BCUT2D eigenvalue weighted by Crippen LogP contribution is -2.66. The van der Waals surface area contributed by atoms with Crippen molar-refractivity contribution >= 4 is 24.2 Å². The third-order valence-electron chi connectivity index (χ3n) is 10.9. The van der Waals surface area contributed by atoms with Crippen LogP contribution in [0.2, 0.25) is 0 Å². The van der Waals surface area contributed by atoms with Crippen molar-refractivity contribution in [3.8, 4) is 0 Å². The second-order valence-corrected chi connectivity index (χ2v) is 17.0. The van der Waals surface area contributed by atoms with Crippen LogP contribution in [-0.4, -0.2) is 151 Å². The number of rotatable bonds is 12. The number of hydrogen-bond donors (Lipinski definition) is 3. The van der Waals surface area contributed by atoms with E-state index in [9.17, 15) is 34.5 Å². The molecule has 3 N–H and O–H groups in total. The lowest BCUT2D eigenvalue weighted by Gasteiger charge is -2.50. The van der Waals surface area contributed by atoms with Gasteiger partial charge >= 0.3 is 17.9 Å². The van der Waals surface area contributed by atoms with Gasteiger partial charge in [0.05, 0.1) is 36.9 Å². The second kappa shape index (κ2) is 22.7. The van der Waals surface area contributed by atoms with Gasteiger partial charge in [-0.05, 0) is 66.0 Å². The van der Waals surface area contributed by atoms with E-state index in [1.165, 1.54) is 14.0 Å². The molecule has 0 aliphatic carbocycles. The maximum atomic E-state index is 13.2. The van der Waals surface area contributed by atoms with Crippen molar-refractivity contribution in [1.29, 1.82) is 0 Å². The minimum atomic E-state index is -1.50. The van der Waals surface area contributed by atoms with E-state index in [0.29, 0.717) is 12.7 Å². The Morgan fingerprint density at radius 3 is 2.29 bits per heavy atom. The van der Waals surface area contributed by atoms with Crippen molar-refractivity contribution in [2.75, 3.05) is 21.2 Å². The zero-order valence-electron chi connectivity index (χ0n) is 36.1. The van der Waals surface area contributed by atoms with E-state index in [4.69, 9.17) is 37.9 Å².